The highest BCUT2D eigenvalue weighted by atomic mass is 16.5. The number of ether oxygens (including phenoxy) is 1. The van der Waals surface area contributed by atoms with Gasteiger partial charge in [-0.2, -0.15) is 5.10 Å². The van der Waals surface area contributed by atoms with Crippen molar-refractivity contribution in [1.82, 2.24) is 19.6 Å². The molecule has 0 saturated heterocycles. The summed E-state index contributed by atoms with van der Waals surface area (Å²) in [6.07, 6.45) is 5.84. The summed E-state index contributed by atoms with van der Waals surface area (Å²) in [5, 5.41) is 7.50. The lowest BCUT2D eigenvalue weighted by atomic mass is 9.86. The van der Waals surface area contributed by atoms with Crippen molar-refractivity contribution in [1.29, 1.82) is 0 Å². The molecule has 7 heteroatoms. The first-order valence-corrected chi connectivity index (χ1v) is 9.68. The molecule has 28 heavy (non-hydrogen) atoms. The number of amides is 1. The van der Waals surface area contributed by atoms with Gasteiger partial charge in [0.2, 0.25) is 5.91 Å². The van der Waals surface area contributed by atoms with Crippen LogP contribution in [-0.2, 0) is 9.53 Å². The molecule has 0 spiro atoms. The van der Waals surface area contributed by atoms with Gasteiger partial charge >= 0.3 is 0 Å². The predicted octanol–water partition coefficient (Wildman–Crippen LogP) is 3.55. The van der Waals surface area contributed by atoms with Crippen LogP contribution in [0, 0.1) is 19.8 Å². The monoisotopic (exact) mass is 379 g/mol. The summed E-state index contributed by atoms with van der Waals surface area (Å²) in [6.45, 7) is 3.86. The molecule has 1 N–H and O–H groups in total. The third-order valence-electron chi connectivity index (χ3n) is 5.50. The molecule has 0 bridgehead atoms. The standard InChI is InChI=1S/C21H25N5O2/c1-13-14(2)25-26-12-19(24-21(26)22-13)15-7-9-17(10-8-15)23-20(27)16-5-4-6-18(11-16)28-3/h7-10,12,16,18H,4-6,11H2,1-3H3,(H,23,27)/t16-,18+/m1/s1. The number of hydrogen-bond acceptors (Lipinski definition) is 5. The normalized spacial score (nSPS) is 19.7. The van der Waals surface area contributed by atoms with Crippen LogP contribution >= 0.6 is 0 Å². The number of hydrogen-bond donors (Lipinski definition) is 1. The summed E-state index contributed by atoms with van der Waals surface area (Å²) >= 11 is 0. The molecule has 1 aromatic carbocycles. The van der Waals surface area contributed by atoms with E-state index in [2.05, 4.69) is 20.4 Å². The highest BCUT2D eigenvalue weighted by Gasteiger charge is 2.27. The van der Waals surface area contributed by atoms with E-state index in [9.17, 15) is 4.79 Å². The lowest BCUT2D eigenvalue weighted by Crippen LogP contribution is -2.30. The quantitative estimate of drug-likeness (QED) is 0.750. The minimum Gasteiger partial charge on any atom is -0.381 e. The number of fused-ring (bicyclic) bond motifs is 1. The van der Waals surface area contributed by atoms with Crippen LogP contribution in [-0.4, -0.2) is 38.7 Å². The van der Waals surface area contributed by atoms with Crippen LogP contribution in [0.25, 0.3) is 17.0 Å². The van der Waals surface area contributed by atoms with Gasteiger partial charge in [-0.15, -0.1) is 0 Å². The maximum absolute atomic E-state index is 12.6. The Kier molecular flexibility index (Phi) is 5.09. The zero-order chi connectivity index (χ0) is 19.7. The smallest absolute Gasteiger partial charge is 0.251 e. The number of carbonyl (C=O) groups excluding carboxylic acids is 1. The fraction of sp³-hybridized carbons (Fsp3) is 0.429. The van der Waals surface area contributed by atoms with Gasteiger partial charge in [-0.05, 0) is 45.2 Å². The van der Waals surface area contributed by atoms with Crippen LogP contribution in [0.1, 0.15) is 37.1 Å². The first-order chi connectivity index (χ1) is 13.5. The van der Waals surface area contributed by atoms with Gasteiger partial charge in [0.05, 0.1) is 29.4 Å². The van der Waals surface area contributed by atoms with Crippen LogP contribution in [0.2, 0.25) is 0 Å². The number of aromatic nitrogens is 4. The summed E-state index contributed by atoms with van der Waals surface area (Å²) in [7, 11) is 1.72. The molecule has 2 heterocycles. The molecule has 0 unspecified atom stereocenters. The van der Waals surface area contributed by atoms with Gasteiger partial charge in [0.25, 0.3) is 5.78 Å². The van der Waals surface area contributed by atoms with Crippen molar-refractivity contribution in [2.75, 3.05) is 12.4 Å². The Morgan fingerprint density at radius 2 is 1.93 bits per heavy atom. The molecule has 1 amide bonds. The molecule has 2 aromatic heterocycles. The molecule has 7 nitrogen and oxygen atoms in total. The summed E-state index contributed by atoms with van der Waals surface area (Å²) < 4.78 is 7.12. The van der Waals surface area contributed by atoms with Crippen molar-refractivity contribution in [3.8, 4) is 11.3 Å². The van der Waals surface area contributed by atoms with Crippen molar-refractivity contribution >= 4 is 17.4 Å². The van der Waals surface area contributed by atoms with E-state index in [0.29, 0.717) is 5.78 Å². The Morgan fingerprint density at radius 3 is 2.68 bits per heavy atom. The Bertz CT molecular complexity index is 957. The number of methoxy groups -OCH3 is 1. The highest BCUT2D eigenvalue weighted by Crippen LogP contribution is 2.27. The van der Waals surface area contributed by atoms with E-state index >= 15 is 0 Å². The zero-order valence-corrected chi connectivity index (χ0v) is 16.5. The van der Waals surface area contributed by atoms with Crippen LogP contribution in [0.15, 0.2) is 30.5 Å². The molecule has 1 aliphatic carbocycles. The van der Waals surface area contributed by atoms with Crippen molar-refractivity contribution in [3.63, 3.8) is 0 Å². The molecule has 0 aliphatic heterocycles. The number of rotatable bonds is 4. The molecular weight excluding hydrogens is 354 g/mol. The number of anilines is 1. The van der Waals surface area contributed by atoms with Crippen molar-refractivity contribution in [2.24, 2.45) is 5.92 Å². The second-order valence-corrected chi connectivity index (χ2v) is 7.44. The van der Waals surface area contributed by atoms with Gasteiger partial charge in [-0.25, -0.2) is 14.5 Å². The second-order valence-electron chi connectivity index (χ2n) is 7.44. The third-order valence-corrected chi connectivity index (χ3v) is 5.50. The number of benzene rings is 1. The van der Waals surface area contributed by atoms with Crippen LogP contribution in [0.3, 0.4) is 0 Å². The highest BCUT2D eigenvalue weighted by molar-refractivity contribution is 5.92. The van der Waals surface area contributed by atoms with Gasteiger partial charge in [0.15, 0.2) is 0 Å². The van der Waals surface area contributed by atoms with Crippen LogP contribution in [0.4, 0.5) is 5.69 Å². The van der Waals surface area contributed by atoms with E-state index in [1.165, 1.54) is 0 Å². The maximum atomic E-state index is 12.6. The Hall–Kier alpha value is -2.80. The molecule has 3 aromatic rings. The molecule has 2 atom stereocenters. The molecule has 1 fully saturated rings. The van der Waals surface area contributed by atoms with Crippen LogP contribution < -0.4 is 5.32 Å². The van der Waals surface area contributed by atoms with E-state index in [4.69, 9.17) is 4.74 Å². The van der Waals surface area contributed by atoms with E-state index in [-0.39, 0.29) is 17.9 Å². The first-order valence-electron chi connectivity index (χ1n) is 9.68. The fourth-order valence-corrected chi connectivity index (χ4v) is 3.68. The Morgan fingerprint density at radius 1 is 1.14 bits per heavy atom. The minimum absolute atomic E-state index is 0.0143. The van der Waals surface area contributed by atoms with Crippen molar-refractivity contribution < 1.29 is 9.53 Å². The first kappa shape index (κ1) is 18.6. The van der Waals surface area contributed by atoms with E-state index < -0.39 is 0 Å². The zero-order valence-electron chi connectivity index (χ0n) is 16.5. The topological polar surface area (TPSA) is 81.4 Å². The molecule has 146 valence electrons. The number of aryl methyl sites for hydroxylation is 2. The van der Waals surface area contributed by atoms with Crippen molar-refractivity contribution in [2.45, 2.75) is 45.6 Å². The van der Waals surface area contributed by atoms with Gasteiger partial charge in [-0.3, -0.25) is 4.79 Å². The van der Waals surface area contributed by atoms with E-state index in [1.54, 1.807) is 11.6 Å². The number of nitrogens with zero attached hydrogens (tertiary/aromatic N) is 4. The van der Waals surface area contributed by atoms with Gasteiger partial charge in [0.1, 0.15) is 0 Å². The average Bonchev–Trinajstić information content (AvgIpc) is 3.11. The molecule has 0 radical (unpaired) electrons. The van der Waals surface area contributed by atoms with E-state index in [0.717, 1.165) is 54.0 Å². The summed E-state index contributed by atoms with van der Waals surface area (Å²) in [5.41, 5.74) is 4.31. The number of carbonyl (C=O) groups is 1. The average molecular weight is 379 g/mol. The van der Waals surface area contributed by atoms with Gasteiger partial charge in [0, 0.05) is 24.3 Å². The molecule has 1 saturated carbocycles. The lowest BCUT2D eigenvalue weighted by molar-refractivity contribution is -0.122. The molecule has 4 rings (SSSR count). The molecular formula is C21H25N5O2. The molecule has 1 aliphatic rings. The minimum atomic E-state index is 0.0143. The van der Waals surface area contributed by atoms with E-state index in [1.807, 2.05) is 44.3 Å². The largest absolute Gasteiger partial charge is 0.381 e. The lowest BCUT2D eigenvalue weighted by Gasteiger charge is -2.27. The van der Waals surface area contributed by atoms with Crippen LogP contribution in [0.5, 0.6) is 0 Å². The van der Waals surface area contributed by atoms with Crippen molar-refractivity contribution in [3.05, 3.63) is 41.9 Å². The summed E-state index contributed by atoms with van der Waals surface area (Å²) in [6, 6.07) is 7.72. The Balaban J connectivity index is 1.47. The maximum Gasteiger partial charge on any atom is 0.251 e. The summed E-state index contributed by atoms with van der Waals surface area (Å²) in [5.74, 6) is 0.669. The Labute approximate surface area is 164 Å². The number of nitrogens with one attached hydrogen (secondary N) is 1. The predicted molar refractivity (Wildman–Crippen MR) is 107 cm³/mol. The third kappa shape index (κ3) is 3.75. The van der Waals surface area contributed by atoms with Gasteiger partial charge < -0.3 is 10.1 Å². The number of imidazole rings is 1. The SMILES string of the molecule is CO[C@H]1CCC[C@@H](C(=O)Nc2ccc(-c3cn4nc(C)c(C)nc4n3)cc2)C1. The fourth-order valence-electron chi connectivity index (χ4n) is 3.68. The second kappa shape index (κ2) is 7.67. The van der Waals surface area contributed by atoms with Gasteiger partial charge in [-0.1, -0.05) is 18.6 Å². The summed E-state index contributed by atoms with van der Waals surface area (Å²) in [4.78, 5) is 21.6.